The Morgan fingerprint density at radius 1 is 0.857 bits per heavy atom. The molecule has 1 heterocycles. The van der Waals surface area contributed by atoms with E-state index in [1.54, 1.807) is 0 Å². The molecule has 21 heavy (non-hydrogen) atoms. The molecule has 4 heteroatoms. The first-order chi connectivity index (χ1) is 10.3. The topological polar surface area (TPSA) is 66.0 Å². The van der Waals surface area contributed by atoms with Gasteiger partial charge in [-0.15, -0.1) is 0 Å². The van der Waals surface area contributed by atoms with Crippen LogP contribution in [0.2, 0.25) is 0 Å². The van der Waals surface area contributed by atoms with Gasteiger partial charge in [0.05, 0.1) is 5.56 Å². The third-order valence-corrected chi connectivity index (χ3v) is 5.21. The molecular formula is C17H26N2O2. The minimum atomic E-state index is -0.105. The van der Waals surface area contributed by atoms with E-state index in [1.807, 2.05) is 0 Å². The van der Waals surface area contributed by atoms with Crippen LogP contribution in [-0.4, -0.2) is 15.1 Å². The lowest BCUT2D eigenvalue weighted by Gasteiger charge is -2.20. The van der Waals surface area contributed by atoms with Gasteiger partial charge in [0.25, 0.3) is 5.56 Å². The second kappa shape index (κ2) is 6.63. The summed E-state index contributed by atoms with van der Waals surface area (Å²) in [7, 11) is 0. The fraction of sp³-hybridized carbons (Fsp3) is 0.765. The average molecular weight is 290 g/mol. The van der Waals surface area contributed by atoms with E-state index in [0.29, 0.717) is 17.3 Å². The van der Waals surface area contributed by atoms with Crippen LogP contribution in [0.5, 0.6) is 5.88 Å². The molecule has 2 saturated carbocycles. The fourth-order valence-corrected chi connectivity index (χ4v) is 3.99. The molecule has 0 spiro atoms. The summed E-state index contributed by atoms with van der Waals surface area (Å²) in [5.41, 5.74) is 0.425. The van der Waals surface area contributed by atoms with Crippen molar-refractivity contribution in [3.8, 4) is 5.88 Å². The first-order valence-corrected chi connectivity index (χ1v) is 8.59. The predicted octanol–water partition coefficient (Wildman–Crippen LogP) is 3.96. The zero-order valence-electron chi connectivity index (χ0n) is 12.7. The molecular weight excluding hydrogens is 264 g/mol. The van der Waals surface area contributed by atoms with Crippen molar-refractivity contribution in [3.05, 3.63) is 21.7 Å². The number of hydrogen-bond donors (Lipinski definition) is 2. The maximum atomic E-state index is 12.4. The molecule has 2 fully saturated rings. The minimum absolute atomic E-state index is 0.0114. The van der Waals surface area contributed by atoms with Gasteiger partial charge in [-0.1, -0.05) is 44.9 Å². The van der Waals surface area contributed by atoms with Crippen molar-refractivity contribution in [1.82, 2.24) is 9.97 Å². The Bertz CT molecular complexity index is 524. The Labute approximate surface area is 126 Å². The van der Waals surface area contributed by atoms with Crippen molar-refractivity contribution < 1.29 is 5.11 Å². The van der Waals surface area contributed by atoms with Crippen molar-refractivity contribution in [1.29, 1.82) is 0 Å². The number of aromatic amines is 1. The van der Waals surface area contributed by atoms with Crippen LogP contribution >= 0.6 is 0 Å². The van der Waals surface area contributed by atoms with Gasteiger partial charge in [0.15, 0.2) is 0 Å². The maximum Gasteiger partial charge on any atom is 0.258 e. The predicted molar refractivity (Wildman–Crippen MR) is 82.8 cm³/mol. The van der Waals surface area contributed by atoms with Crippen LogP contribution in [0.3, 0.4) is 0 Å². The summed E-state index contributed by atoms with van der Waals surface area (Å²) in [5.74, 6) is 1.21. The van der Waals surface area contributed by atoms with Crippen LogP contribution in [0.25, 0.3) is 0 Å². The van der Waals surface area contributed by atoms with E-state index < -0.39 is 0 Å². The van der Waals surface area contributed by atoms with Crippen molar-refractivity contribution in [2.75, 3.05) is 0 Å². The monoisotopic (exact) mass is 290 g/mol. The largest absolute Gasteiger partial charge is 0.493 e. The number of H-pyrrole nitrogens is 1. The number of hydrogen-bond acceptors (Lipinski definition) is 3. The molecule has 116 valence electrons. The summed E-state index contributed by atoms with van der Waals surface area (Å²) < 4.78 is 0. The molecule has 0 unspecified atom stereocenters. The lowest BCUT2D eigenvalue weighted by Crippen LogP contribution is -2.21. The summed E-state index contributed by atoms with van der Waals surface area (Å²) in [6, 6.07) is 0. The highest BCUT2D eigenvalue weighted by molar-refractivity contribution is 5.28. The molecule has 0 atom stereocenters. The normalized spacial score (nSPS) is 22.1. The van der Waals surface area contributed by atoms with Gasteiger partial charge >= 0.3 is 0 Å². The van der Waals surface area contributed by atoms with Gasteiger partial charge in [-0.05, 0) is 31.6 Å². The molecule has 0 saturated heterocycles. The van der Waals surface area contributed by atoms with E-state index in [4.69, 9.17) is 0 Å². The molecule has 4 nitrogen and oxygen atoms in total. The number of nitrogens with one attached hydrogen (secondary N) is 1. The second-order valence-corrected chi connectivity index (χ2v) is 6.71. The van der Waals surface area contributed by atoms with Gasteiger partial charge in [-0.25, -0.2) is 0 Å². The summed E-state index contributed by atoms with van der Waals surface area (Å²) in [6.07, 6.45) is 12.7. The molecule has 0 bridgehead atoms. The van der Waals surface area contributed by atoms with Crippen LogP contribution in [-0.2, 0) is 0 Å². The van der Waals surface area contributed by atoms with E-state index in [0.717, 1.165) is 38.5 Å². The summed E-state index contributed by atoms with van der Waals surface area (Å²) in [5, 5.41) is 10.3. The van der Waals surface area contributed by atoms with Gasteiger partial charge in [0, 0.05) is 5.92 Å². The van der Waals surface area contributed by atoms with Crippen molar-refractivity contribution in [2.24, 2.45) is 0 Å². The van der Waals surface area contributed by atoms with Crippen molar-refractivity contribution in [2.45, 2.75) is 82.5 Å². The van der Waals surface area contributed by atoms with Crippen LogP contribution in [0.4, 0.5) is 0 Å². The Balaban J connectivity index is 1.84. The first kappa shape index (κ1) is 14.6. The fourth-order valence-electron chi connectivity index (χ4n) is 3.99. The number of rotatable bonds is 2. The molecule has 0 aliphatic heterocycles. The number of aromatic nitrogens is 2. The molecule has 2 aliphatic carbocycles. The van der Waals surface area contributed by atoms with Gasteiger partial charge in [-0.2, -0.15) is 4.98 Å². The van der Waals surface area contributed by atoms with E-state index in [-0.39, 0.29) is 17.4 Å². The zero-order chi connectivity index (χ0) is 14.7. The van der Waals surface area contributed by atoms with E-state index in [9.17, 15) is 9.90 Å². The smallest absolute Gasteiger partial charge is 0.258 e. The third kappa shape index (κ3) is 3.30. The van der Waals surface area contributed by atoms with Crippen molar-refractivity contribution >= 4 is 0 Å². The van der Waals surface area contributed by atoms with Gasteiger partial charge in [-0.3, -0.25) is 4.79 Å². The molecule has 1 aromatic heterocycles. The van der Waals surface area contributed by atoms with Gasteiger partial charge in [0.2, 0.25) is 5.88 Å². The van der Waals surface area contributed by atoms with Gasteiger partial charge in [0.1, 0.15) is 5.82 Å². The lowest BCUT2D eigenvalue weighted by atomic mass is 9.90. The summed E-state index contributed by atoms with van der Waals surface area (Å²) in [4.78, 5) is 19.7. The lowest BCUT2D eigenvalue weighted by molar-refractivity contribution is 0.409. The third-order valence-electron chi connectivity index (χ3n) is 5.21. The Kier molecular flexibility index (Phi) is 4.61. The van der Waals surface area contributed by atoms with Crippen LogP contribution < -0.4 is 5.56 Å². The molecule has 0 amide bonds. The molecule has 1 aromatic rings. The van der Waals surface area contributed by atoms with E-state index in [2.05, 4.69) is 9.97 Å². The highest BCUT2D eigenvalue weighted by Crippen LogP contribution is 2.36. The molecule has 3 rings (SSSR count). The van der Waals surface area contributed by atoms with Crippen LogP contribution in [0.15, 0.2) is 4.79 Å². The van der Waals surface area contributed by atoms with E-state index >= 15 is 0 Å². The van der Waals surface area contributed by atoms with E-state index in [1.165, 1.54) is 32.1 Å². The molecule has 0 radical (unpaired) electrons. The minimum Gasteiger partial charge on any atom is -0.493 e. The standard InChI is InChI=1S/C17H26N2O2/c20-16-14(12-8-6-7-9-12)17(21)19-15(18-16)13-10-4-2-1-3-5-11-13/h12-13H,1-11H2,(H2,18,19,20,21). The quantitative estimate of drug-likeness (QED) is 0.866. The summed E-state index contributed by atoms with van der Waals surface area (Å²) >= 11 is 0. The SMILES string of the molecule is O=c1[nH]c(C2CCCCCCC2)nc(O)c1C1CCCC1. The Morgan fingerprint density at radius 2 is 1.38 bits per heavy atom. The number of nitrogens with zero attached hydrogens (tertiary/aromatic N) is 1. The number of aromatic hydroxyl groups is 1. The highest BCUT2D eigenvalue weighted by Gasteiger charge is 2.26. The highest BCUT2D eigenvalue weighted by atomic mass is 16.3. The molecule has 0 aromatic carbocycles. The van der Waals surface area contributed by atoms with Crippen LogP contribution in [0, 0.1) is 0 Å². The van der Waals surface area contributed by atoms with Crippen molar-refractivity contribution in [3.63, 3.8) is 0 Å². The average Bonchev–Trinajstić information content (AvgIpc) is 2.91. The second-order valence-electron chi connectivity index (χ2n) is 6.71. The van der Waals surface area contributed by atoms with Crippen LogP contribution in [0.1, 0.15) is 93.9 Å². The summed E-state index contributed by atoms with van der Waals surface area (Å²) in [6.45, 7) is 0. The first-order valence-electron chi connectivity index (χ1n) is 8.59. The zero-order valence-corrected chi connectivity index (χ0v) is 12.7. The molecule has 2 aliphatic rings. The maximum absolute atomic E-state index is 12.4. The Morgan fingerprint density at radius 3 is 2.00 bits per heavy atom. The Hall–Kier alpha value is -1.32. The van der Waals surface area contributed by atoms with Gasteiger partial charge < -0.3 is 10.1 Å². The molecule has 2 N–H and O–H groups in total.